The Labute approximate surface area is 113 Å². The van der Waals surface area contributed by atoms with Crippen LogP contribution < -0.4 is 10.6 Å². The summed E-state index contributed by atoms with van der Waals surface area (Å²) in [6.07, 6.45) is 1.47. The Kier molecular flexibility index (Phi) is 4.27. The van der Waals surface area contributed by atoms with Crippen LogP contribution in [0, 0.1) is 0 Å². The molecule has 0 aliphatic carbocycles. The van der Waals surface area contributed by atoms with Crippen molar-refractivity contribution >= 4 is 17.3 Å². The van der Waals surface area contributed by atoms with Crippen molar-refractivity contribution in [3.8, 4) is 0 Å². The number of anilines is 2. The van der Waals surface area contributed by atoms with Gasteiger partial charge in [0.2, 0.25) is 0 Å². The average molecular weight is 264 g/mol. The molecule has 1 atom stereocenters. The number of nitrogen functional groups attached to an aromatic ring is 1. The van der Waals surface area contributed by atoms with Gasteiger partial charge in [-0.15, -0.1) is 0 Å². The van der Waals surface area contributed by atoms with Gasteiger partial charge in [-0.05, 0) is 38.0 Å². The second-order valence-corrected chi connectivity index (χ2v) is 4.73. The molecule has 104 valence electrons. The lowest BCUT2D eigenvalue weighted by Crippen LogP contribution is -2.38. The molecule has 1 aromatic carbocycles. The Morgan fingerprint density at radius 1 is 1.58 bits per heavy atom. The van der Waals surface area contributed by atoms with E-state index >= 15 is 0 Å². The van der Waals surface area contributed by atoms with E-state index in [0.29, 0.717) is 24.4 Å². The van der Waals surface area contributed by atoms with E-state index in [-0.39, 0.29) is 6.10 Å². The summed E-state index contributed by atoms with van der Waals surface area (Å²) in [6, 6.07) is 5.32. The van der Waals surface area contributed by atoms with Gasteiger partial charge in [-0.25, -0.2) is 4.79 Å². The van der Waals surface area contributed by atoms with Gasteiger partial charge >= 0.3 is 5.97 Å². The van der Waals surface area contributed by atoms with Crippen molar-refractivity contribution in [2.75, 3.05) is 30.3 Å². The number of aliphatic hydroxyl groups excluding tert-OH is 1. The highest BCUT2D eigenvalue weighted by atomic mass is 16.5. The summed E-state index contributed by atoms with van der Waals surface area (Å²) in [5.74, 6) is -0.403. The molecule has 1 heterocycles. The molecule has 3 N–H and O–H groups in total. The minimum atomic E-state index is -0.403. The van der Waals surface area contributed by atoms with E-state index in [1.165, 1.54) is 0 Å². The highest BCUT2D eigenvalue weighted by molar-refractivity contribution is 5.96. The van der Waals surface area contributed by atoms with E-state index in [1.807, 2.05) is 6.07 Å². The van der Waals surface area contributed by atoms with Crippen LogP contribution in [0.3, 0.4) is 0 Å². The number of nitrogens with zero attached hydrogens (tertiary/aromatic N) is 1. The van der Waals surface area contributed by atoms with Gasteiger partial charge in [0.05, 0.1) is 18.3 Å². The number of hydrogen-bond acceptors (Lipinski definition) is 5. The predicted octanol–water partition coefficient (Wildman–Crippen LogP) is 1.41. The Balaban J connectivity index is 2.22. The summed E-state index contributed by atoms with van der Waals surface area (Å²) < 4.78 is 4.99. The standard InChI is InChI=1S/C14H20N2O3/c1-2-19-14(18)12-8-10(5-6-13(12)15)16-7-3-4-11(17)9-16/h5-6,8,11,17H,2-4,7,9,15H2,1H3. The molecule has 2 rings (SSSR count). The summed E-state index contributed by atoms with van der Waals surface area (Å²) in [4.78, 5) is 13.9. The van der Waals surface area contributed by atoms with Gasteiger partial charge in [-0.3, -0.25) is 0 Å². The van der Waals surface area contributed by atoms with Crippen LogP contribution in [0.1, 0.15) is 30.1 Å². The molecule has 0 saturated carbocycles. The number of hydrogen-bond donors (Lipinski definition) is 2. The highest BCUT2D eigenvalue weighted by Crippen LogP contribution is 2.25. The minimum absolute atomic E-state index is 0.308. The zero-order valence-corrected chi connectivity index (χ0v) is 11.1. The molecule has 1 aliphatic heterocycles. The quantitative estimate of drug-likeness (QED) is 0.637. The molecular weight excluding hydrogens is 244 g/mol. The molecule has 0 aromatic heterocycles. The van der Waals surface area contributed by atoms with Crippen LogP contribution in [0.15, 0.2) is 18.2 Å². The number of ether oxygens (including phenoxy) is 1. The van der Waals surface area contributed by atoms with Crippen molar-refractivity contribution in [3.05, 3.63) is 23.8 Å². The van der Waals surface area contributed by atoms with Gasteiger partial charge in [-0.2, -0.15) is 0 Å². The summed E-state index contributed by atoms with van der Waals surface area (Å²) in [5, 5.41) is 9.70. The molecule has 1 saturated heterocycles. The molecule has 1 fully saturated rings. The molecule has 1 aromatic rings. The number of carbonyl (C=O) groups excluding carboxylic acids is 1. The number of nitrogens with two attached hydrogens (primary N) is 1. The minimum Gasteiger partial charge on any atom is -0.462 e. The summed E-state index contributed by atoms with van der Waals surface area (Å²) in [5.41, 5.74) is 7.51. The van der Waals surface area contributed by atoms with E-state index in [9.17, 15) is 9.90 Å². The van der Waals surface area contributed by atoms with Crippen LogP contribution in [0.2, 0.25) is 0 Å². The van der Waals surface area contributed by atoms with Crippen LogP contribution in [0.5, 0.6) is 0 Å². The van der Waals surface area contributed by atoms with Gasteiger partial charge < -0.3 is 20.5 Å². The van der Waals surface area contributed by atoms with Gasteiger partial charge in [0.15, 0.2) is 0 Å². The van der Waals surface area contributed by atoms with Gasteiger partial charge in [0, 0.05) is 24.5 Å². The number of β-amino-alcohol motifs (C(OH)–C–C–N with tert-alkyl or cyclic N) is 1. The van der Waals surface area contributed by atoms with E-state index in [2.05, 4.69) is 4.90 Å². The molecule has 1 unspecified atom stereocenters. The lowest BCUT2D eigenvalue weighted by atomic mass is 10.1. The molecule has 0 spiro atoms. The fraction of sp³-hybridized carbons (Fsp3) is 0.500. The maximum Gasteiger partial charge on any atom is 0.340 e. The van der Waals surface area contributed by atoms with E-state index in [1.54, 1.807) is 19.1 Å². The number of aliphatic hydroxyl groups is 1. The average Bonchev–Trinajstić information content (AvgIpc) is 2.39. The maximum absolute atomic E-state index is 11.8. The second-order valence-electron chi connectivity index (χ2n) is 4.73. The van der Waals surface area contributed by atoms with Crippen molar-refractivity contribution in [3.63, 3.8) is 0 Å². The van der Waals surface area contributed by atoms with Crippen LogP contribution in [-0.2, 0) is 4.74 Å². The predicted molar refractivity (Wildman–Crippen MR) is 74.3 cm³/mol. The number of rotatable bonds is 3. The highest BCUT2D eigenvalue weighted by Gasteiger charge is 2.20. The third-order valence-corrected chi connectivity index (χ3v) is 3.29. The Morgan fingerprint density at radius 2 is 2.37 bits per heavy atom. The topological polar surface area (TPSA) is 75.8 Å². The number of benzene rings is 1. The third kappa shape index (κ3) is 3.17. The van der Waals surface area contributed by atoms with Crippen LogP contribution in [0.25, 0.3) is 0 Å². The zero-order chi connectivity index (χ0) is 13.8. The first kappa shape index (κ1) is 13.7. The first-order chi connectivity index (χ1) is 9.11. The van der Waals surface area contributed by atoms with Crippen LogP contribution in [0.4, 0.5) is 11.4 Å². The normalized spacial score (nSPS) is 19.3. The zero-order valence-electron chi connectivity index (χ0n) is 11.1. The van der Waals surface area contributed by atoms with Crippen molar-refractivity contribution in [2.24, 2.45) is 0 Å². The molecule has 19 heavy (non-hydrogen) atoms. The molecule has 0 bridgehead atoms. The number of piperidine rings is 1. The summed E-state index contributed by atoms with van der Waals surface area (Å²) in [7, 11) is 0. The second kappa shape index (κ2) is 5.93. The van der Waals surface area contributed by atoms with Crippen molar-refractivity contribution in [1.29, 1.82) is 0 Å². The molecular formula is C14H20N2O3. The van der Waals surface area contributed by atoms with E-state index in [4.69, 9.17) is 10.5 Å². The fourth-order valence-corrected chi connectivity index (χ4v) is 2.32. The summed E-state index contributed by atoms with van der Waals surface area (Å²) >= 11 is 0. The van der Waals surface area contributed by atoms with Crippen molar-refractivity contribution < 1.29 is 14.6 Å². The van der Waals surface area contributed by atoms with E-state index in [0.717, 1.165) is 25.1 Å². The van der Waals surface area contributed by atoms with Gasteiger partial charge in [-0.1, -0.05) is 0 Å². The first-order valence-corrected chi connectivity index (χ1v) is 6.61. The SMILES string of the molecule is CCOC(=O)c1cc(N2CCCC(O)C2)ccc1N. The lowest BCUT2D eigenvalue weighted by Gasteiger charge is -2.32. The van der Waals surface area contributed by atoms with Crippen molar-refractivity contribution in [2.45, 2.75) is 25.9 Å². The first-order valence-electron chi connectivity index (χ1n) is 6.61. The molecule has 0 radical (unpaired) electrons. The Hall–Kier alpha value is -1.75. The Bertz CT molecular complexity index is 462. The largest absolute Gasteiger partial charge is 0.462 e. The summed E-state index contributed by atoms with van der Waals surface area (Å²) in [6.45, 7) is 3.55. The molecule has 5 heteroatoms. The molecule has 5 nitrogen and oxygen atoms in total. The van der Waals surface area contributed by atoms with Crippen molar-refractivity contribution in [1.82, 2.24) is 0 Å². The van der Waals surface area contributed by atoms with E-state index < -0.39 is 5.97 Å². The smallest absolute Gasteiger partial charge is 0.340 e. The fourth-order valence-electron chi connectivity index (χ4n) is 2.32. The van der Waals surface area contributed by atoms with Gasteiger partial charge in [0.25, 0.3) is 0 Å². The maximum atomic E-state index is 11.8. The lowest BCUT2D eigenvalue weighted by molar-refractivity contribution is 0.0527. The molecule has 1 aliphatic rings. The monoisotopic (exact) mass is 264 g/mol. The van der Waals surface area contributed by atoms with Gasteiger partial charge in [0.1, 0.15) is 0 Å². The molecule has 0 amide bonds. The number of esters is 1. The van der Waals surface area contributed by atoms with Crippen LogP contribution in [-0.4, -0.2) is 36.9 Å². The number of carbonyl (C=O) groups is 1. The van der Waals surface area contributed by atoms with Crippen LogP contribution >= 0.6 is 0 Å². The Morgan fingerprint density at radius 3 is 3.05 bits per heavy atom. The third-order valence-electron chi connectivity index (χ3n) is 3.29.